The second-order valence-corrected chi connectivity index (χ2v) is 7.27. The summed E-state index contributed by atoms with van der Waals surface area (Å²) in [5.41, 5.74) is 0. The molecule has 0 aliphatic carbocycles. The number of carbonyl (C=O) groups is 1. The van der Waals surface area contributed by atoms with Crippen LogP contribution in [0.3, 0.4) is 0 Å². The van der Waals surface area contributed by atoms with Crippen molar-refractivity contribution in [2.75, 3.05) is 34.4 Å². The third kappa shape index (κ3) is 3.59. The van der Waals surface area contributed by atoms with E-state index in [1.807, 2.05) is 0 Å². The van der Waals surface area contributed by atoms with Crippen LogP contribution in [0.4, 0.5) is 0 Å². The maximum Gasteiger partial charge on any atom is 0.243 e. The fourth-order valence-corrected chi connectivity index (χ4v) is 4.24. The number of carbonyl (C=O) groups excluding carboxylic acids is 1. The number of hydrogen-bond acceptors (Lipinski definition) is 5. The normalized spacial score (nSPS) is 19.2. The van der Waals surface area contributed by atoms with E-state index in [9.17, 15) is 13.2 Å². The molecular weight excluding hydrogens is 320 g/mol. The van der Waals surface area contributed by atoms with E-state index in [-0.39, 0.29) is 23.3 Å². The van der Waals surface area contributed by atoms with Crippen LogP contribution in [-0.4, -0.2) is 53.0 Å². The first-order valence-electron chi connectivity index (χ1n) is 7.37. The number of benzene rings is 1. The van der Waals surface area contributed by atoms with Gasteiger partial charge in [-0.15, -0.1) is 0 Å². The van der Waals surface area contributed by atoms with Crippen LogP contribution in [0.5, 0.6) is 11.5 Å². The minimum atomic E-state index is -3.68. The van der Waals surface area contributed by atoms with Crippen molar-refractivity contribution >= 4 is 15.9 Å². The van der Waals surface area contributed by atoms with E-state index >= 15 is 0 Å². The molecule has 128 valence electrons. The molecule has 1 aliphatic rings. The third-order valence-electron chi connectivity index (χ3n) is 3.99. The molecule has 0 spiro atoms. The van der Waals surface area contributed by atoms with Crippen LogP contribution in [0.2, 0.25) is 0 Å². The van der Waals surface area contributed by atoms with Crippen molar-refractivity contribution in [3.8, 4) is 11.5 Å². The summed E-state index contributed by atoms with van der Waals surface area (Å²) in [5.74, 6) is 0.377. The van der Waals surface area contributed by atoms with Crippen LogP contribution in [0.15, 0.2) is 23.1 Å². The van der Waals surface area contributed by atoms with Crippen molar-refractivity contribution in [2.45, 2.75) is 17.7 Å². The molecule has 1 aliphatic heterocycles. The first-order valence-corrected chi connectivity index (χ1v) is 8.81. The van der Waals surface area contributed by atoms with Crippen LogP contribution >= 0.6 is 0 Å². The predicted octanol–water partition coefficient (Wildman–Crippen LogP) is 0.850. The summed E-state index contributed by atoms with van der Waals surface area (Å²) in [4.78, 5) is 11.9. The molecule has 1 amide bonds. The molecule has 0 bridgehead atoms. The van der Waals surface area contributed by atoms with E-state index < -0.39 is 10.0 Å². The summed E-state index contributed by atoms with van der Waals surface area (Å²) in [6, 6.07) is 4.49. The van der Waals surface area contributed by atoms with Crippen LogP contribution in [0, 0.1) is 5.92 Å². The molecule has 0 saturated carbocycles. The molecule has 1 aromatic carbocycles. The Labute approximate surface area is 136 Å². The van der Waals surface area contributed by atoms with Gasteiger partial charge in [0.2, 0.25) is 15.9 Å². The SMILES string of the molecule is CNC(=O)[C@H]1CCCN(S(=O)(=O)c2ccc(OC)c(OC)c2)C1. The van der Waals surface area contributed by atoms with Gasteiger partial charge in [-0.05, 0) is 25.0 Å². The molecular formula is C15H22N2O5S. The lowest BCUT2D eigenvalue weighted by molar-refractivity contribution is -0.125. The molecule has 0 aromatic heterocycles. The lowest BCUT2D eigenvalue weighted by Crippen LogP contribution is -2.44. The van der Waals surface area contributed by atoms with Gasteiger partial charge < -0.3 is 14.8 Å². The number of methoxy groups -OCH3 is 2. The van der Waals surface area contributed by atoms with E-state index in [0.717, 1.165) is 0 Å². The number of ether oxygens (including phenoxy) is 2. The van der Waals surface area contributed by atoms with Gasteiger partial charge in [-0.2, -0.15) is 4.31 Å². The van der Waals surface area contributed by atoms with Crippen LogP contribution in [-0.2, 0) is 14.8 Å². The van der Waals surface area contributed by atoms with Gasteiger partial charge in [0, 0.05) is 26.2 Å². The molecule has 23 heavy (non-hydrogen) atoms. The van der Waals surface area contributed by atoms with Crippen molar-refractivity contribution < 1.29 is 22.7 Å². The third-order valence-corrected chi connectivity index (χ3v) is 5.86. The second kappa shape index (κ2) is 7.18. The number of nitrogens with one attached hydrogen (secondary N) is 1. The standard InChI is InChI=1S/C15H22N2O5S/c1-16-15(18)11-5-4-8-17(10-11)23(19,20)12-6-7-13(21-2)14(9-12)22-3/h6-7,9,11H,4-5,8,10H2,1-3H3,(H,16,18)/t11-/m0/s1. The lowest BCUT2D eigenvalue weighted by atomic mass is 9.99. The van der Waals surface area contributed by atoms with Crippen LogP contribution in [0.25, 0.3) is 0 Å². The Morgan fingerprint density at radius 2 is 1.96 bits per heavy atom. The molecule has 1 N–H and O–H groups in total. The molecule has 2 rings (SSSR count). The van der Waals surface area contributed by atoms with Gasteiger partial charge in [0.25, 0.3) is 0 Å². The van der Waals surface area contributed by atoms with Gasteiger partial charge in [-0.1, -0.05) is 0 Å². The van der Waals surface area contributed by atoms with Gasteiger partial charge >= 0.3 is 0 Å². The van der Waals surface area contributed by atoms with Crippen molar-refractivity contribution in [1.29, 1.82) is 0 Å². The predicted molar refractivity (Wildman–Crippen MR) is 85.1 cm³/mol. The maximum atomic E-state index is 12.8. The van der Waals surface area contributed by atoms with Crippen molar-refractivity contribution in [3.05, 3.63) is 18.2 Å². The monoisotopic (exact) mass is 342 g/mol. The molecule has 1 aromatic rings. The molecule has 1 fully saturated rings. The minimum absolute atomic E-state index is 0.128. The molecule has 8 heteroatoms. The average Bonchev–Trinajstić information content (AvgIpc) is 2.60. The highest BCUT2D eigenvalue weighted by Crippen LogP contribution is 2.31. The second-order valence-electron chi connectivity index (χ2n) is 5.33. The Balaban J connectivity index is 2.29. The fourth-order valence-electron chi connectivity index (χ4n) is 2.70. The number of sulfonamides is 1. The molecule has 1 atom stereocenters. The fraction of sp³-hybridized carbons (Fsp3) is 0.533. The van der Waals surface area contributed by atoms with E-state index in [4.69, 9.17) is 9.47 Å². The minimum Gasteiger partial charge on any atom is -0.493 e. The highest BCUT2D eigenvalue weighted by molar-refractivity contribution is 7.89. The first kappa shape index (κ1) is 17.6. The zero-order chi connectivity index (χ0) is 17.0. The summed E-state index contributed by atoms with van der Waals surface area (Å²) in [6.45, 7) is 0.598. The Morgan fingerprint density at radius 1 is 1.26 bits per heavy atom. The van der Waals surface area contributed by atoms with Gasteiger partial charge in [0.15, 0.2) is 11.5 Å². The van der Waals surface area contributed by atoms with Gasteiger partial charge in [-0.3, -0.25) is 4.79 Å². The highest BCUT2D eigenvalue weighted by Gasteiger charge is 2.33. The molecule has 0 unspecified atom stereocenters. The number of rotatable bonds is 5. The average molecular weight is 342 g/mol. The highest BCUT2D eigenvalue weighted by atomic mass is 32.2. The largest absolute Gasteiger partial charge is 0.493 e. The van der Waals surface area contributed by atoms with E-state index in [1.54, 1.807) is 13.1 Å². The number of nitrogens with zero attached hydrogens (tertiary/aromatic N) is 1. The zero-order valence-corrected chi connectivity index (χ0v) is 14.4. The van der Waals surface area contributed by atoms with Crippen LogP contribution < -0.4 is 14.8 Å². The summed E-state index contributed by atoms with van der Waals surface area (Å²) >= 11 is 0. The summed E-state index contributed by atoms with van der Waals surface area (Å²) in [7, 11) is 0.829. The topological polar surface area (TPSA) is 84.9 Å². The Bertz CT molecular complexity index is 674. The molecule has 1 heterocycles. The van der Waals surface area contributed by atoms with Crippen molar-refractivity contribution in [1.82, 2.24) is 9.62 Å². The zero-order valence-electron chi connectivity index (χ0n) is 13.5. The molecule has 0 radical (unpaired) electrons. The van der Waals surface area contributed by atoms with E-state index in [0.29, 0.717) is 30.9 Å². The smallest absolute Gasteiger partial charge is 0.243 e. The summed E-state index contributed by atoms with van der Waals surface area (Å²) in [5, 5.41) is 2.58. The quantitative estimate of drug-likeness (QED) is 0.857. The summed E-state index contributed by atoms with van der Waals surface area (Å²) < 4.78 is 37.3. The maximum absolute atomic E-state index is 12.8. The van der Waals surface area contributed by atoms with Gasteiger partial charge in [0.05, 0.1) is 25.0 Å². The van der Waals surface area contributed by atoms with Crippen molar-refractivity contribution in [3.63, 3.8) is 0 Å². The Morgan fingerprint density at radius 3 is 2.57 bits per heavy atom. The lowest BCUT2D eigenvalue weighted by Gasteiger charge is -2.31. The Kier molecular flexibility index (Phi) is 5.48. The number of piperidine rings is 1. The first-order chi connectivity index (χ1) is 10.9. The van der Waals surface area contributed by atoms with Crippen LogP contribution in [0.1, 0.15) is 12.8 Å². The molecule has 7 nitrogen and oxygen atoms in total. The molecule has 1 saturated heterocycles. The van der Waals surface area contributed by atoms with Gasteiger partial charge in [-0.25, -0.2) is 8.42 Å². The summed E-state index contributed by atoms with van der Waals surface area (Å²) in [6.07, 6.45) is 1.35. The number of amides is 1. The van der Waals surface area contributed by atoms with Gasteiger partial charge in [0.1, 0.15) is 0 Å². The van der Waals surface area contributed by atoms with E-state index in [2.05, 4.69) is 5.32 Å². The Hall–Kier alpha value is -1.80. The van der Waals surface area contributed by atoms with Crippen molar-refractivity contribution in [2.24, 2.45) is 5.92 Å². The van der Waals surface area contributed by atoms with E-state index in [1.165, 1.54) is 30.7 Å². The number of hydrogen-bond donors (Lipinski definition) is 1.